The number of hydrogen-bond acceptors (Lipinski definition) is 6. The van der Waals surface area contributed by atoms with E-state index in [0.717, 1.165) is 16.6 Å². The molecule has 0 radical (unpaired) electrons. The molecule has 1 atom stereocenters. The maximum atomic E-state index is 13.5. The van der Waals surface area contributed by atoms with E-state index >= 15 is 0 Å². The first-order chi connectivity index (χ1) is 17.7. The first-order valence-electron chi connectivity index (χ1n) is 11.8. The van der Waals surface area contributed by atoms with E-state index in [2.05, 4.69) is 9.97 Å². The van der Waals surface area contributed by atoms with Gasteiger partial charge in [0.25, 0.3) is 5.78 Å². The summed E-state index contributed by atoms with van der Waals surface area (Å²) >= 11 is 0. The lowest BCUT2D eigenvalue weighted by Gasteiger charge is -2.23. The number of ether oxygens (including phenoxy) is 2. The van der Waals surface area contributed by atoms with Crippen LogP contribution in [0.3, 0.4) is 0 Å². The van der Waals surface area contributed by atoms with Crippen LogP contribution in [0, 0.1) is 20.8 Å². The predicted molar refractivity (Wildman–Crippen MR) is 141 cm³/mol. The summed E-state index contributed by atoms with van der Waals surface area (Å²) in [5.74, 6) is -0.454. The number of fused-ring (bicyclic) bond motifs is 1. The molecule has 1 amide bonds. The molecule has 37 heavy (non-hydrogen) atoms. The van der Waals surface area contributed by atoms with Crippen LogP contribution >= 0.6 is 0 Å². The number of aromatic nitrogens is 2. The number of aliphatic hydroxyl groups excluding tert-OH is 1. The summed E-state index contributed by atoms with van der Waals surface area (Å²) in [6, 6.07) is 15.2. The van der Waals surface area contributed by atoms with Gasteiger partial charge in [0.2, 0.25) is 5.95 Å². The van der Waals surface area contributed by atoms with E-state index in [1.165, 1.54) is 4.90 Å². The topological polar surface area (TPSA) is 105 Å². The molecular formula is C29H27N3O5. The molecule has 1 fully saturated rings. The van der Waals surface area contributed by atoms with Gasteiger partial charge in [-0.15, -0.1) is 0 Å². The van der Waals surface area contributed by atoms with Crippen LogP contribution in [0.2, 0.25) is 0 Å². The number of aryl methyl sites for hydroxylation is 3. The molecule has 1 aliphatic heterocycles. The highest BCUT2D eigenvalue weighted by molar-refractivity contribution is 6.51. The van der Waals surface area contributed by atoms with Gasteiger partial charge in [0.1, 0.15) is 17.3 Å². The van der Waals surface area contributed by atoms with Crippen LogP contribution in [-0.4, -0.2) is 41.0 Å². The zero-order valence-corrected chi connectivity index (χ0v) is 21.2. The van der Waals surface area contributed by atoms with E-state index in [-0.39, 0.29) is 17.3 Å². The number of aromatic amines is 1. The Hall–Kier alpha value is -4.59. The lowest BCUT2D eigenvalue weighted by molar-refractivity contribution is -0.132. The second-order valence-electron chi connectivity index (χ2n) is 9.14. The Morgan fingerprint density at radius 2 is 1.62 bits per heavy atom. The lowest BCUT2D eigenvalue weighted by Crippen LogP contribution is -2.30. The monoisotopic (exact) mass is 497 g/mol. The fourth-order valence-corrected chi connectivity index (χ4v) is 4.72. The predicted octanol–water partition coefficient (Wildman–Crippen LogP) is 5.13. The Morgan fingerprint density at radius 3 is 2.32 bits per heavy atom. The Bertz CT molecular complexity index is 1560. The highest BCUT2D eigenvalue weighted by atomic mass is 16.5. The third kappa shape index (κ3) is 4.00. The van der Waals surface area contributed by atoms with Crippen LogP contribution in [-0.2, 0) is 9.59 Å². The van der Waals surface area contributed by atoms with Gasteiger partial charge in [-0.2, -0.15) is 0 Å². The van der Waals surface area contributed by atoms with Crippen molar-refractivity contribution in [3.8, 4) is 11.5 Å². The second-order valence-corrected chi connectivity index (χ2v) is 9.14. The van der Waals surface area contributed by atoms with E-state index in [4.69, 9.17) is 9.47 Å². The van der Waals surface area contributed by atoms with Gasteiger partial charge in [-0.3, -0.25) is 14.5 Å². The highest BCUT2D eigenvalue weighted by Gasteiger charge is 2.48. The SMILES string of the molecule is COc1cccc(C2/C(=C(\O)c3ccc(OC)cc3C)C(=O)C(=O)N2c2nc3cc(C)c(C)cc3[nH]2)c1. The Balaban J connectivity index is 1.75. The number of anilines is 1. The minimum absolute atomic E-state index is 0.0284. The largest absolute Gasteiger partial charge is 0.507 e. The first kappa shape index (κ1) is 24.1. The lowest BCUT2D eigenvalue weighted by atomic mass is 9.94. The first-order valence-corrected chi connectivity index (χ1v) is 11.8. The minimum atomic E-state index is -0.931. The van der Waals surface area contributed by atoms with Crippen LogP contribution in [0.1, 0.15) is 33.9 Å². The summed E-state index contributed by atoms with van der Waals surface area (Å²) in [7, 11) is 3.10. The number of methoxy groups -OCH3 is 2. The van der Waals surface area contributed by atoms with Crippen molar-refractivity contribution in [3.05, 3.63) is 88.0 Å². The number of H-pyrrole nitrogens is 1. The summed E-state index contributed by atoms with van der Waals surface area (Å²) in [6.07, 6.45) is 0. The van der Waals surface area contributed by atoms with Gasteiger partial charge in [-0.25, -0.2) is 4.98 Å². The number of nitrogens with zero attached hydrogens (tertiary/aromatic N) is 2. The number of rotatable bonds is 5. The summed E-state index contributed by atoms with van der Waals surface area (Å²) in [6.45, 7) is 5.79. The molecule has 1 unspecified atom stereocenters. The van der Waals surface area contributed by atoms with Gasteiger partial charge in [0.05, 0.1) is 36.9 Å². The number of amides is 1. The van der Waals surface area contributed by atoms with Gasteiger partial charge < -0.3 is 19.6 Å². The normalized spacial score (nSPS) is 17.0. The molecule has 0 spiro atoms. The molecule has 8 heteroatoms. The van der Waals surface area contributed by atoms with E-state index in [0.29, 0.717) is 33.7 Å². The molecule has 1 aromatic heterocycles. The van der Waals surface area contributed by atoms with Gasteiger partial charge in [0, 0.05) is 5.56 Å². The fraction of sp³-hybridized carbons (Fsp3) is 0.207. The summed E-state index contributed by atoms with van der Waals surface area (Å²) in [4.78, 5) is 36.2. The molecule has 1 saturated heterocycles. The van der Waals surface area contributed by atoms with Crippen molar-refractivity contribution in [2.24, 2.45) is 0 Å². The maximum Gasteiger partial charge on any atom is 0.302 e. The quantitative estimate of drug-likeness (QED) is 0.225. The minimum Gasteiger partial charge on any atom is -0.507 e. The Morgan fingerprint density at radius 1 is 0.919 bits per heavy atom. The van der Waals surface area contributed by atoms with E-state index < -0.39 is 17.7 Å². The maximum absolute atomic E-state index is 13.5. The average Bonchev–Trinajstić information content (AvgIpc) is 3.41. The van der Waals surface area contributed by atoms with Crippen molar-refractivity contribution >= 4 is 34.4 Å². The zero-order chi connectivity index (χ0) is 26.4. The molecule has 3 aromatic carbocycles. The second kappa shape index (κ2) is 9.13. The molecule has 0 aliphatic carbocycles. The fourth-order valence-electron chi connectivity index (χ4n) is 4.72. The number of nitrogens with one attached hydrogen (secondary N) is 1. The zero-order valence-electron chi connectivity index (χ0n) is 21.2. The van der Waals surface area contributed by atoms with Crippen LogP contribution in [0.15, 0.2) is 60.2 Å². The number of carbonyl (C=O) groups excluding carboxylic acids is 2. The molecule has 1 aliphatic rings. The summed E-state index contributed by atoms with van der Waals surface area (Å²) in [5.41, 5.74) is 5.25. The third-order valence-corrected chi connectivity index (χ3v) is 6.86. The molecule has 2 N–H and O–H groups in total. The smallest absolute Gasteiger partial charge is 0.302 e. The van der Waals surface area contributed by atoms with E-state index in [9.17, 15) is 14.7 Å². The Labute approximate surface area is 214 Å². The van der Waals surface area contributed by atoms with Crippen molar-refractivity contribution in [1.29, 1.82) is 0 Å². The number of aliphatic hydroxyl groups is 1. The van der Waals surface area contributed by atoms with E-state index in [1.807, 2.05) is 26.0 Å². The van der Waals surface area contributed by atoms with E-state index in [1.54, 1.807) is 63.6 Å². The Kier molecular flexibility index (Phi) is 5.95. The van der Waals surface area contributed by atoms with Gasteiger partial charge in [-0.05, 0) is 85.5 Å². The molecule has 8 nitrogen and oxygen atoms in total. The van der Waals surface area contributed by atoms with Gasteiger partial charge >= 0.3 is 5.91 Å². The standard InChI is InChI=1S/C29H27N3O5/c1-15-12-22-23(13-16(15)2)31-29(30-22)32-25(18-7-6-8-19(14-18)36-4)24(27(34)28(32)35)26(33)21-10-9-20(37-5)11-17(21)3/h6-14,25,33H,1-5H3,(H,30,31)/b26-24+. The van der Waals surface area contributed by atoms with Gasteiger partial charge in [0.15, 0.2) is 0 Å². The van der Waals surface area contributed by atoms with Gasteiger partial charge in [-0.1, -0.05) is 12.1 Å². The molecule has 5 rings (SSSR count). The third-order valence-electron chi connectivity index (χ3n) is 6.86. The summed E-state index contributed by atoms with van der Waals surface area (Å²) < 4.78 is 10.7. The number of ketones is 1. The van der Waals surface area contributed by atoms with Crippen molar-refractivity contribution in [3.63, 3.8) is 0 Å². The highest BCUT2D eigenvalue weighted by Crippen LogP contribution is 2.43. The van der Waals surface area contributed by atoms with Crippen LogP contribution in [0.25, 0.3) is 16.8 Å². The van der Waals surface area contributed by atoms with Crippen LogP contribution in [0.4, 0.5) is 5.95 Å². The number of Topliss-reactive ketones (excluding diaryl/α,β-unsaturated/α-hetero) is 1. The van der Waals surface area contributed by atoms with Crippen molar-refractivity contribution in [1.82, 2.24) is 9.97 Å². The number of hydrogen-bond donors (Lipinski definition) is 2. The number of carbonyl (C=O) groups is 2. The molecule has 4 aromatic rings. The molecular weight excluding hydrogens is 470 g/mol. The van der Waals surface area contributed by atoms with Crippen molar-refractivity contribution in [2.75, 3.05) is 19.1 Å². The number of benzene rings is 3. The van der Waals surface area contributed by atoms with Crippen molar-refractivity contribution < 1.29 is 24.2 Å². The number of imidazole rings is 1. The molecule has 2 heterocycles. The van der Waals surface area contributed by atoms with Crippen molar-refractivity contribution in [2.45, 2.75) is 26.8 Å². The average molecular weight is 498 g/mol. The molecule has 188 valence electrons. The van der Waals surface area contributed by atoms with Crippen LogP contribution in [0.5, 0.6) is 11.5 Å². The summed E-state index contributed by atoms with van der Waals surface area (Å²) in [5, 5.41) is 11.5. The van der Waals surface area contributed by atoms with Crippen LogP contribution < -0.4 is 14.4 Å². The molecule has 0 saturated carbocycles. The molecule has 0 bridgehead atoms.